The van der Waals surface area contributed by atoms with Crippen LogP contribution in [0.25, 0.3) is 11.1 Å². The minimum absolute atomic E-state index is 0.0394. The molecule has 0 aliphatic carbocycles. The van der Waals surface area contributed by atoms with Crippen LogP contribution in [0.15, 0.2) is 66.7 Å². The Labute approximate surface area is 212 Å². The lowest BCUT2D eigenvalue weighted by Gasteiger charge is -2.48. The van der Waals surface area contributed by atoms with Gasteiger partial charge < -0.3 is 25.2 Å². The third kappa shape index (κ3) is 5.40. The van der Waals surface area contributed by atoms with Gasteiger partial charge in [0.15, 0.2) is 0 Å². The van der Waals surface area contributed by atoms with Gasteiger partial charge in [0, 0.05) is 30.4 Å². The molecule has 2 aliphatic rings. The molecule has 3 aromatic carbocycles. The van der Waals surface area contributed by atoms with Crippen LogP contribution in [-0.2, 0) is 22.6 Å². The van der Waals surface area contributed by atoms with Gasteiger partial charge in [0.1, 0.15) is 12.4 Å². The van der Waals surface area contributed by atoms with Crippen LogP contribution < -0.4 is 15.4 Å². The molecule has 188 valence electrons. The summed E-state index contributed by atoms with van der Waals surface area (Å²) < 4.78 is 12.1. The highest BCUT2D eigenvalue weighted by molar-refractivity contribution is 5.72. The van der Waals surface area contributed by atoms with E-state index in [2.05, 4.69) is 47.4 Å². The second-order valence-corrected chi connectivity index (χ2v) is 10.0. The van der Waals surface area contributed by atoms with Gasteiger partial charge in [-0.15, -0.1) is 0 Å². The Hall–Kier alpha value is -3.35. The molecule has 3 aromatic rings. The number of benzene rings is 3. The normalized spacial score (nSPS) is 17.4. The van der Waals surface area contributed by atoms with E-state index in [4.69, 9.17) is 15.2 Å². The zero-order valence-electron chi connectivity index (χ0n) is 20.8. The van der Waals surface area contributed by atoms with Crippen molar-refractivity contribution in [2.75, 3.05) is 24.6 Å². The van der Waals surface area contributed by atoms with Gasteiger partial charge in [-0.05, 0) is 78.8 Å². The van der Waals surface area contributed by atoms with Crippen LogP contribution in [0.2, 0.25) is 0 Å². The van der Waals surface area contributed by atoms with E-state index in [0.717, 1.165) is 54.8 Å². The molecule has 1 spiro atoms. The number of piperidine rings is 1. The van der Waals surface area contributed by atoms with Gasteiger partial charge in [0.2, 0.25) is 0 Å². The van der Waals surface area contributed by atoms with Crippen LogP contribution in [0.3, 0.4) is 0 Å². The first-order valence-corrected chi connectivity index (χ1v) is 12.7. The highest BCUT2D eigenvalue weighted by Gasteiger charge is 2.41. The van der Waals surface area contributed by atoms with E-state index in [1.807, 2.05) is 25.1 Å². The molecule has 1 atom stereocenters. The SMILES string of the molecule is CC(N)c1cccc(-c2cc(COc3ccccc3CC(=O)O)cc(N3CCC4(CCO4)CC3)c2)c1. The summed E-state index contributed by atoms with van der Waals surface area (Å²) in [6.45, 7) is 5.16. The van der Waals surface area contributed by atoms with Gasteiger partial charge in [0.05, 0.1) is 18.6 Å². The number of carboxylic acid groups (broad SMARTS) is 1. The number of ether oxygens (including phenoxy) is 2. The molecule has 2 aliphatic heterocycles. The van der Waals surface area contributed by atoms with Crippen molar-refractivity contribution >= 4 is 11.7 Å². The number of carboxylic acids is 1. The highest BCUT2D eigenvalue weighted by atomic mass is 16.5. The van der Waals surface area contributed by atoms with E-state index in [0.29, 0.717) is 17.9 Å². The van der Waals surface area contributed by atoms with Gasteiger partial charge in [0.25, 0.3) is 0 Å². The van der Waals surface area contributed by atoms with Crippen molar-refractivity contribution < 1.29 is 19.4 Å². The summed E-state index contributed by atoms with van der Waals surface area (Å²) >= 11 is 0. The molecule has 0 aromatic heterocycles. The van der Waals surface area contributed by atoms with Crippen LogP contribution in [0.5, 0.6) is 5.75 Å². The van der Waals surface area contributed by atoms with Gasteiger partial charge in [-0.2, -0.15) is 0 Å². The molecule has 0 bridgehead atoms. The smallest absolute Gasteiger partial charge is 0.307 e. The topological polar surface area (TPSA) is 85.0 Å². The summed E-state index contributed by atoms with van der Waals surface area (Å²) in [5.74, 6) is -0.268. The summed E-state index contributed by atoms with van der Waals surface area (Å²) in [6, 6.07) is 22.3. The molecule has 6 heteroatoms. The van der Waals surface area contributed by atoms with Crippen molar-refractivity contribution in [3.63, 3.8) is 0 Å². The molecule has 2 fully saturated rings. The number of anilines is 1. The van der Waals surface area contributed by atoms with Crippen LogP contribution in [0.4, 0.5) is 5.69 Å². The quantitative estimate of drug-likeness (QED) is 0.447. The Balaban J connectivity index is 1.43. The fraction of sp³-hybridized carbons (Fsp3) is 0.367. The van der Waals surface area contributed by atoms with Crippen molar-refractivity contribution in [1.82, 2.24) is 0 Å². The number of aliphatic carboxylic acids is 1. The summed E-state index contributed by atoms with van der Waals surface area (Å²) in [4.78, 5) is 13.7. The minimum Gasteiger partial charge on any atom is -0.489 e. The zero-order valence-corrected chi connectivity index (χ0v) is 20.8. The molecule has 3 N–H and O–H groups in total. The zero-order chi connectivity index (χ0) is 25.1. The lowest BCUT2D eigenvalue weighted by molar-refractivity contribution is -0.158. The molecule has 1 unspecified atom stereocenters. The largest absolute Gasteiger partial charge is 0.489 e. The predicted molar refractivity (Wildman–Crippen MR) is 141 cm³/mol. The fourth-order valence-electron chi connectivity index (χ4n) is 5.18. The number of carbonyl (C=O) groups is 1. The summed E-state index contributed by atoms with van der Waals surface area (Å²) in [5, 5.41) is 9.26. The van der Waals surface area contributed by atoms with Crippen molar-refractivity contribution in [2.24, 2.45) is 5.73 Å². The number of nitrogens with zero attached hydrogens (tertiary/aromatic N) is 1. The molecule has 0 amide bonds. The summed E-state index contributed by atoms with van der Waals surface area (Å²) in [5.41, 5.74) is 12.5. The van der Waals surface area contributed by atoms with E-state index >= 15 is 0 Å². The second-order valence-electron chi connectivity index (χ2n) is 10.0. The third-order valence-corrected chi connectivity index (χ3v) is 7.44. The molecular weight excluding hydrogens is 452 g/mol. The molecule has 0 radical (unpaired) electrons. The number of hydrogen-bond donors (Lipinski definition) is 2. The maximum absolute atomic E-state index is 11.3. The monoisotopic (exact) mass is 486 g/mol. The lowest BCUT2D eigenvalue weighted by atomic mass is 9.84. The molecule has 2 heterocycles. The number of nitrogens with two attached hydrogens (primary N) is 1. The Morgan fingerprint density at radius 3 is 2.53 bits per heavy atom. The van der Waals surface area contributed by atoms with E-state index in [9.17, 15) is 9.90 Å². The standard InChI is InChI=1S/C30H34N2O4/c1-21(31)23-6-4-7-24(17-23)26-15-22(20-35-28-8-3-2-5-25(28)19-29(33)34)16-27(18-26)32-12-9-30(10-13-32)11-14-36-30/h2-8,15-18,21H,9-14,19-20,31H2,1H3,(H,33,34). The van der Waals surface area contributed by atoms with E-state index in [1.165, 1.54) is 12.1 Å². The van der Waals surface area contributed by atoms with Crippen LogP contribution in [0, 0.1) is 0 Å². The Morgan fingerprint density at radius 1 is 1.06 bits per heavy atom. The van der Waals surface area contributed by atoms with Gasteiger partial charge in [-0.1, -0.05) is 36.4 Å². The summed E-state index contributed by atoms with van der Waals surface area (Å²) in [7, 11) is 0. The minimum atomic E-state index is -0.873. The maximum atomic E-state index is 11.3. The van der Waals surface area contributed by atoms with Crippen molar-refractivity contribution in [1.29, 1.82) is 0 Å². The van der Waals surface area contributed by atoms with E-state index in [-0.39, 0.29) is 18.1 Å². The van der Waals surface area contributed by atoms with Crippen LogP contribution in [-0.4, -0.2) is 36.4 Å². The fourth-order valence-corrected chi connectivity index (χ4v) is 5.18. The third-order valence-electron chi connectivity index (χ3n) is 7.44. The molecule has 2 saturated heterocycles. The molecule has 0 saturated carbocycles. The molecule has 5 rings (SSSR count). The van der Waals surface area contributed by atoms with Gasteiger partial charge in [-0.25, -0.2) is 0 Å². The van der Waals surface area contributed by atoms with E-state index < -0.39 is 5.97 Å². The first-order chi connectivity index (χ1) is 17.4. The average Bonchev–Trinajstić information content (AvgIpc) is 2.87. The van der Waals surface area contributed by atoms with Crippen molar-refractivity contribution in [3.8, 4) is 16.9 Å². The van der Waals surface area contributed by atoms with Crippen molar-refractivity contribution in [2.45, 2.75) is 50.9 Å². The highest BCUT2D eigenvalue weighted by Crippen LogP contribution is 2.39. The number of hydrogen-bond acceptors (Lipinski definition) is 5. The number of para-hydroxylation sites is 1. The molecule has 6 nitrogen and oxygen atoms in total. The lowest BCUT2D eigenvalue weighted by Crippen LogP contribution is -2.52. The van der Waals surface area contributed by atoms with Crippen LogP contribution in [0.1, 0.15) is 48.9 Å². The van der Waals surface area contributed by atoms with Gasteiger partial charge >= 0.3 is 5.97 Å². The first-order valence-electron chi connectivity index (χ1n) is 12.7. The number of rotatable bonds is 8. The summed E-state index contributed by atoms with van der Waals surface area (Å²) in [6.07, 6.45) is 3.19. The van der Waals surface area contributed by atoms with E-state index in [1.54, 1.807) is 6.07 Å². The predicted octanol–water partition coefficient (Wildman–Crippen LogP) is 5.34. The first kappa shape index (κ1) is 24.3. The maximum Gasteiger partial charge on any atom is 0.307 e. The second kappa shape index (κ2) is 10.3. The molecular formula is C30H34N2O4. The Bertz CT molecular complexity index is 1230. The van der Waals surface area contributed by atoms with Gasteiger partial charge in [-0.3, -0.25) is 4.79 Å². The molecule has 36 heavy (non-hydrogen) atoms. The Morgan fingerprint density at radius 2 is 1.83 bits per heavy atom. The average molecular weight is 487 g/mol. The van der Waals surface area contributed by atoms with Crippen LogP contribution >= 0.6 is 0 Å². The van der Waals surface area contributed by atoms with Crippen molar-refractivity contribution in [3.05, 3.63) is 83.4 Å². The Kier molecular flexibility index (Phi) is 6.99.